The van der Waals surface area contributed by atoms with Crippen molar-refractivity contribution in [2.24, 2.45) is 5.41 Å². The van der Waals surface area contributed by atoms with E-state index in [1.807, 2.05) is 0 Å². The summed E-state index contributed by atoms with van der Waals surface area (Å²) in [7, 11) is 0. The summed E-state index contributed by atoms with van der Waals surface area (Å²) >= 11 is 0. The number of carbonyl (C=O) groups is 1. The second-order valence-corrected chi connectivity index (χ2v) is 3.36. The van der Waals surface area contributed by atoms with Gasteiger partial charge in [0.25, 0.3) is 0 Å². The summed E-state index contributed by atoms with van der Waals surface area (Å²) in [6, 6.07) is 0. The summed E-state index contributed by atoms with van der Waals surface area (Å²) in [6.45, 7) is 0.973. The quantitative estimate of drug-likeness (QED) is 0.491. The molecule has 1 unspecified atom stereocenters. The largest absolute Gasteiger partial charge is 0.342 e. The van der Waals surface area contributed by atoms with Crippen molar-refractivity contribution in [1.82, 2.24) is 4.90 Å². The zero-order valence-electron chi connectivity index (χ0n) is 5.72. The van der Waals surface area contributed by atoms with E-state index in [9.17, 15) is 9.18 Å². The monoisotopic (exact) mass is 143 g/mol. The highest BCUT2D eigenvalue weighted by Gasteiger charge is 2.55. The van der Waals surface area contributed by atoms with Gasteiger partial charge in [0.2, 0.25) is 6.41 Å². The van der Waals surface area contributed by atoms with Gasteiger partial charge in [0.1, 0.15) is 6.17 Å². The van der Waals surface area contributed by atoms with Crippen LogP contribution >= 0.6 is 0 Å². The lowest BCUT2D eigenvalue weighted by Gasteiger charge is -2.06. The molecular formula is C7H10FNO. The molecule has 0 bridgehead atoms. The summed E-state index contributed by atoms with van der Waals surface area (Å²) in [5.41, 5.74) is -0.0963. The van der Waals surface area contributed by atoms with Gasteiger partial charge in [-0.2, -0.15) is 0 Å². The molecular weight excluding hydrogens is 133 g/mol. The minimum Gasteiger partial charge on any atom is -0.342 e. The second-order valence-electron chi connectivity index (χ2n) is 3.36. The molecule has 10 heavy (non-hydrogen) atoms. The number of rotatable bonds is 1. The van der Waals surface area contributed by atoms with Gasteiger partial charge in [-0.1, -0.05) is 0 Å². The van der Waals surface area contributed by atoms with E-state index in [0.29, 0.717) is 13.1 Å². The van der Waals surface area contributed by atoms with Crippen molar-refractivity contribution < 1.29 is 9.18 Å². The van der Waals surface area contributed by atoms with Crippen molar-refractivity contribution in [2.75, 3.05) is 13.1 Å². The Kier molecular flexibility index (Phi) is 1.05. The molecule has 2 rings (SSSR count). The fourth-order valence-electron chi connectivity index (χ4n) is 1.68. The van der Waals surface area contributed by atoms with E-state index in [4.69, 9.17) is 0 Å². The fraction of sp³-hybridized carbons (Fsp3) is 0.857. The van der Waals surface area contributed by atoms with Crippen LogP contribution in [-0.4, -0.2) is 30.6 Å². The Morgan fingerprint density at radius 2 is 2.30 bits per heavy atom. The van der Waals surface area contributed by atoms with Crippen LogP contribution < -0.4 is 0 Å². The van der Waals surface area contributed by atoms with Crippen LogP contribution in [0.25, 0.3) is 0 Å². The van der Waals surface area contributed by atoms with E-state index in [0.717, 1.165) is 19.3 Å². The molecule has 2 aliphatic rings. The lowest BCUT2D eigenvalue weighted by molar-refractivity contribution is -0.117. The van der Waals surface area contributed by atoms with Crippen LogP contribution in [0.2, 0.25) is 0 Å². The lowest BCUT2D eigenvalue weighted by atomic mass is 10.1. The van der Waals surface area contributed by atoms with E-state index in [1.54, 1.807) is 0 Å². The number of amides is 1. The molecule has 2 fully saturated rings. The molecule has 1 aliphatic heterocycles. The molecule has 3 heteroatoms. The van der Waals surface area contributed by atoms with E-state index in [-0.39, 0.29) is 5.41 Å². The average molecular weight is 143 g/mol. The van der Waals surface area contributed by atoms with Crippen molar-refractivity contribution in [3.8, 4) is 0 Å². The third-order valence-electron chi connectivity index (χ3n) is 2.62. The minimum absolute atomic E-state index is 0.0963. The summed E-state index contributed by atoms with van der Waals surface area (Å²) in [4.78, 5) is 11.8. The third-order valence-corrected chi connectivity index (χ3v) is 2.62. The highest BCUT2D eigenvalue weighted by atomic mass is 19.1. The molecule has 1 heterocycles. The predicted octanol–water partition coefficient (Wildman–Crippen LogP) is 0.577. The molecule has 1 amide bonds. The normalized spacial score (nSPS) is 34.9. The van der Waals surface area contributed by atoms with Gasteiger partial charge in [-0.25, -0.2) is 4.39 Å². The van der Waals surface area contributed by atoms with Crippen molar-refractivity contribution in [3.05, 3.63) is 0 Å². The number of hydrogen-bond donors (Lipinski definition) is 0. The van der Waals surface area contributed by atoms with Crippen molar-refractivity contribution >= 4 is 6.41 Å². The Hall–Kier alpha value is -0.600. The number of alkyl halides is 1. The topological polar surface area (TPSA) is 20.3 Å². The Bertz CT molecular complexity index is 167. The Balaban J connectivity index is 2.08. The van der Waals surface area contributed by atoms with Gasteiger partial charge in [0.15, 0.2) is 0 Å². The van der Waals surface area contributed by atoms with Gasteiger partial charge in [-0.15, -0.1) is 0 Å². The molecule has 2 nitrogen and oxygen atoms in total. The smallest absolute Gasteiger partial charge is 0.209 e. The summed E-state index contributed by atoms with van der Waals surface area (Å²) in [5.74, 6) is 0. The standard InChI is InChI=1S/C7H10FNO/c8-6-3-9(5-10)4-7(6)1-2-7/h5-6H,1-4H2. The molecule has 1 atom stereocenters. The van der Waals surface area contributed by atoms with Crippen LogP contribution in [0, 0.1) is 5.41 Å². The van der Waals surface area contributed by atoms with Crippen LogP contribution in [0.1, 0.15) is 12.8 Å². The van der Waals surface area contributed by atoms with E-state index in [1.165, 1.54) is 4.90 Å². The van der Waals surface area contributed by atoms with Gasteiger partial charge in [-0.05, 0) is 12.8 Å². The first-order valence-electron chi connectivity index (χ1n) is 3.60. The van der Waals surface area contributed by atoms with E-state index in [2.05, 4.69) is 0 Å². The van der Waals surface area contributed by atoms with Crippen LogP contribution in [-0.2, 0) is 4.79 Å². The van der Waals surface area contributed by atoms with Gasteiger partial charge in [-0.3, -0.25) is 4.79 Å². The molecule has 0 aromatic carbocycles. The van der Waals surface area contributed by atoms with Crippen LogP contribution in [0.5, 0.6) is 0 Å². The zero-order valence-corrected chi connectivity index (χ0v) is 5.72. The minimum atomic E-state index is -0.752. The molecule has 56 valence electrons. The molecule has 1 saturated heterocycles. The maximum absolute atomic E-state index is 13.0. The first-order valence-corrected chi connectivity index (χ1v) is 3.60. The highest BCUT2D eigenvalue weighted by molar-refractivity contribution is 5.48. The first kappa shape index (κ1) is 6.13. The van der Waals surface area contributed by atoms with Gasteiger partial charge in [0, 0.05) is 12.0 Å². The molecule has 1 spiro atoms. The number of carbonyl (C=O) groups excluding carboxylic acids is 1. The van der Waals surface area contributed by atoms with E-state index < -0.39 is 6.17 Å². The van der Waals surface area contributed by atoms with Crippen molar-refractivity contribution in [2.45, 2.75) is 19.0 Å². The predicted molar refractivity (Wildman–Crippen MR) is 34.2 cm³/mol. The number of halogens is 1. The maximum Gasteiger partial charge on any atom is 0.209 e. The van der Waals surface area contributed by atoms with Crippen molar-refractivity contribution in [1.29, 1.82) is 0 Å². The zero-order chi connectivity index (χ0) is 7.19. The SMILES string of the molecule is O=CN1CC(F)C2(CC2)C1. The number of nitrogens with zero attached hydrogens (tertiary/aromatic N) is 1. The van der Waals surface area contributed by atoms with E-state index >= 15 is 0 Å². The van der Waals surface area contributed by atoms with Gasteiger partial charge >= 0.3 is 0 Å². The summed E-state index contributed by atoms with van der Waals surface area (Å²) in [5, 5.41) is 0. The molecule has 0 N–H and O–H groups in total. The Morgan fingerprint density at radius 3 is 2.60 bits per heavy atom. The maximum atomic E-state index is 13.0. The molecule has 0 aromatic rings. The van der Waals surface area contributed by atoms with Crippen LogP contribution in [0.3, 0.4) is 0 Å². The number of hydrogen-bond acceptors (Lipinski definition) is 1. The first-order chi connectivity index (χ1) is 4.77. The molecule has 1 aliphatic carbocycles. The Labute approximate surface area is 59.0 Å². The number of likely N-dealkylation sites (tertiary alicyclic amines) is 1. The van der Waals surface area contributed by atoms with Crippen molar-refractivity contribution in [3.63, 3.8) is 0 Å². The van der Waals surface area contributed by atoms with Crippen LogP contribution in [0.4, 0.5) is 4.39 Å². The molecule has 0 aromatic heterocycles. The van der Waals surface area contributed by atoms with Gasteiger partial charge < -0.3 is 4.90 Å². The van der Waals surface area contributed by atoms with Gasteiger partial charge in [0.05, 0.1) is 6.54 Å². The fourth-order valence-corrected chi connectivity index (χ4v) is 1.68. The van der Waals surface area contributed by atoms with Crippen LogP contribution in [0.15, 0.2) is 0 Å². The average Bonchev–Trinajstić information content (AvgIpc) is 2.60. The molecule has 1 saturated carbocycles. The second kappa shape index (κ2) is 1.71. The summed E-state index contributed by atoms with van der Waals surface area (Å²) in [6.07, 6.45) is 1.94. The molecule has 0 radical (unpaired) electrons. The highest BCUT2D eigenvalue weighted by Crippen LogP contribution is 2.53. The third kappa shape index (κ3) is 0.662. The lowest BCUT2D eigenvalue weighted by Crippen LogP contribution is -2.18. The Morgan fingerprint density at radius 1 is 1.60 bits per heavy atom. The summed E-state index contributed by atoms with van der Waals surface area (Å²) < 4.78 is 13.0.